The average Bonchev–Trinajstić information content (AvgIpc) is 3.75. The van der Waals surface area contributed by atoms with Crippen molar-refractivity contribution in [3.05, 3.63) is 65.7 Å². The lowest BCUT2D eigenvalue weighted by Crippen LogP contribution is -2.57. The van der Waals surface area contributed by atoms with Crippen LogP contribution in [0.3, 0.4) is 0 Å². The van der Waals surface area contributed by atoms with Gasteiger partial charge in [0.25, 0.3) is 0 Å². The number of ether oxygens (including phenoxy) is 2. The standard InChI is InChI=1S/C32H43N5O6/c1-22(33-28(38)20-37-14-16-42-17-15-37)30(40)35-27(19-24-10-12-25(13-11-24)36(3)4)31(41)34-26(29(39)32(2)21-43-32)18-23-8-6-5-7-9-23/h5-13,22,26-27H,14-21H2,1-4H3,(H,33,38)(H,34,41)(H,35,40)/t22-,26-,27-,32+/m0/s1. The third-order valence-corrected chi connectivity index (χ3v) is 7.78. The van der Waals surface area contributed by atoms with E-state index in [-0.39, 0.29) is 31.1 Å². The van der Waals surface area contributed by atoms with E-state index >= 15 is 0 Å². The molecule has 2 aromatic rings. The first-order chi connectivity index (χ1) is 20.5. The Morgan fingerprint density at radius 3 is 2.05 bits per heavy atom. The van der Waals surface area contributed by atoms with Crippen LogP contribution in [-0.4, -0.2) is 106 Å². The van der Waals surface area contributed by atoms with Crippen LogP contribution in [0, 0.1) is 0 Å². The zero-order valence-corrected chi connectivity index (χ0v) is 25.4. The smallest absolute Gasteiger partial charge is 0.243 e. The fourth-order valence-electron chi connectivity index (χ4n) is 4.94. The van der Waals surface area contributed by atoms with E-state index in [1.165, 1.54) is 0 Å². The number of hydrogen-bond donors (Lipinski definition) is 3. The second-order valence-electron chi connectivity index (χ2n) is 11.6. The Morgan fingerprint density at radius 2 is 1.44 bits per heavy atom. The fourth-order valence-corrected chi connectivity index (χ4v) is 4.94. The summed E-state index contributed by atoms with van der Waals surface area (Å²) in [6.45, 7) is 6.18. The number of amides is 3. The number of nitrogens with one attached hydrogen (secondary N) is 3. The molecule has 0 spiro atoms. The molecular formula is C32H43N5O6. The maximum atomic E-state index is 13.8. The number of Topliss-reactive ketones (excluding diaryl/α,β-unsaturated/α-hetero) is 1. The van der Waals surface area contributed by atoms with Crippen molar-refractivity contribution in [1.82, 2.24) is 20.9 Å². The predicted octanol–water partition coefficient (Wildman–Crippen LogP) is 0.702. The molecule has 0 saturated carbocycles. The first-order valence-corrected chi connectivity index (χ1v) is 14.7. The van der Waals surface area contributed by atoms with Gasteiger partial charge in [0.05, 0.1) is 32.4 Å². The highest BCUT2D eigenvalue weighted by Crippen LogP contribution is 2.29. The van der Waals surface area contributed by atoms with Crippen molar-refractivity contribution >= 4 is 29.2 Å². The molecule has 2 aromatic carbocycles. The van der Waals surface area contributed by atoms with E-state index in [0.29, 0.717) is 32.9 Å². The molecule has 2 aliphatic rings. The summed E-state index contributed by atoms with van der Waals surface area (Å²) in [5, 5.41) is 8.46. The van der Waals surface area contributed by atoms with Crippen molar-refractivity contribution in [1.29, 1.82) is 0 Å². The highest BCUT2D eigenvalue weighted by molar-refractivity contribution is 5.98. The highest BCUT2D eigenvalue weighted by Gasteiger charge is 2.50. The van der Waals surface area contributed by atoms with Gasteiger partial charge in [0.1, 0.15) is 17.7 Å². The van der Waals surface area contributed by atoms with Crippen LogP contribution in [0.5, 0.6) is 0 Å². The molecule has 3 amide bonds. The van der Waals surface area contributed by atoms with Gasteiger partial charge in [-0.2, -0.15) is 0 Å². The Kier molecular flexibility index (Phi) is 10.9. The molecule has 11 heteroatoms. The number of benzene rings is 2. The number of ketones is 1. The van der Waals surface area contributed by atoms with Gasteiger partial charge in [-0.1, -0.05) is 42.5 Å². The zero-order chi connectivity index (χ0) is 31.0. The number of nitrogens with zero attached hydrogens (tertiary/aromatic N) is 2. The molecular weight excluding hydrogens is 550 g/mol. The minimum Gasteiger partial charge on any atom is -0.379 e. The van der Waals surface area contributed by atoms with Crippen LogP contribution in [0.25, 0.3) is 0 Å². The summed E-state index contributed by atoms with van der Waals surface area (Å²) in [6, 6.07) is 14.4. The summed E-state index contributed by atoms with van der Waals surface area (Å²) in [7, 11) is 3.88. The molecule has 11 nitrogen and oxygen atoms in total. The Morgan fingerprint density at radius 1 is 0.860 bits per heavy atom. The second-order valence-corrected chi connectivity index (χ2v) is 11.6. The lowest BCUT2D eigenvalue weighted by Gasteiger charge is -2.27. The van der Waals surface area contributed by atoms with Gasteiger partial charge in [-0.05, 0) is 43.5 Å². The third kappa shape index (κ3) is 9.34. The molecule has 0 radical (unpaired) electrons. The minimum absolute atomic E-state index is 0.160. The molecule has 2 heterocycles. The van der Waals surface area contributed by atoms with E-state index in [0.717, 1.165) is 16.8 Å². The first kappa shape index (κ1) is 32.1. The summed E-state index contributed by atoms with van der Waals surface area (Å²) in [5.41, 5.74) is 1.78. The van der Waals surface area contributed by atoms with Crippen molar-refractivity contribution in [3.63, 3.8) is 0 Å². The number of epoxide rings is 1. The van der Waals surface area contributed by atoms with Crippen LogP contribution in [-0.2, 0) is 41.5 Å². The first-order valence-electron chi connectivity index (χ1n) is 14.7. The van der Waals surface area contributed by atoms with Crippen molar-refractivity contribution in [2.45, 2.75) is 50.4 Å². The maximum Gasteiger partial charge on any atom is 0.243 e. The molecule has 0 unspecified atom stereocenters. The summed E-state index contributed by atoms with van der Waals surface area (Å²) >= 11 is 0. The molecule has 4 rings (SSSR count). The largest absolute Gasteiger partial charge is 0.379 e. The van der Waals surface area contributed by atoms with Crippen LogP contribution >= 0.6 is 0 Å². The van der Waals surface area contributed by atoms with E-state index in [2.05, 4.69) is 16.0 Å². The topological polar surface area (TPSA) is 133 Å². The molecule has 43 heavy (non-hydrogen) atoms. The second kappa shape index (κ2) is 14.6. The van der Waals surface area contributed by atoms with E-state index in [1.807, 2.05) is 78.5 Å². The van der Waals surface area contributed by atoms with Gasteiger partial charge >= 0.3 is 0 Å². The SMILES string of the molecule is C[C@H](NC(=O)CN1CCOCC1)C(=O)N[C@@H](Cc1ccc(N(C)C)cc1)C(=O)N[C@@H](Cc1ccccc1)C(=O)[C@@]1(C)CO1. The zero-order valence-electron chi connectivity index (χ0n) is 25.4. The highest BCUT2D eigenvalue weighted by atomic mass is 16.6. The van der Waals surface area contributed by atoms with Crippen LogP contribution < -0.4 is 20.9 Å². The Labute approximate surface area is 253 Å². The molecule has 0 aliphatic carbocycles. The van der Waals surface area contributed by atoms with E-state index in [1.54, 1.807) is 13.8 Å². The van der Waals surface area contributed by atoms with Gasteiger partial charge in [0.15, 0.2) is 5.78 Å². The molecule has 2 saturated heterocycles. The molecule has 2 fully saturated rings. The van der Waals surface area contributed by atoms with Crippen LogP contribution in [0.1, 0.15) is 25.0 Å². The van der Waals surface area contributed by atoms with Crippen LogP contribution in [0.15, 0.2) is 54.6 Å². The third-order valence-electron chi connectivity index (χ3n) is 7.78. The number of carbonyl (C=O) groups is 4. The Hall–Kier alpha value is -3.80. The Bertz CT molecular complexity index is 1260. The summed E-state index contributed by atoms with van der Waals surface area (Å²) in [6.07, 6.45) is 0.482. The predicted molar refractivity (Wildman–Crippen MR) is 163 cm³/mol. The van der Waals surface area contributed by atoms with Crippen molar-refractivity contribution in [2.75, 3.05) is 58.5 Å². The average molecular weight is 594 g/mol. The Balaban J connectivity index is 1.47. The number of morpholine rings is 1. The van der Waals surface area contributed by atoms with Gasteiger partial charge in [0, 0.05) is 39.3 Å². The quantitative estimate of drug-likeness (QED) is 0.273. The summed E-state index contributed by atoms with van der Waals surface area (Å²) in [4.78, 5) is 57.0. The number of anilines is 1. The van der Waals surface area contributed by atoms with E-state index in [9.17, 15) is 19.2 Å². The van der Waals surface area contributed by atoms with Crippen LogP contribution in [0.2, 0.25) is 0 Å². The minimum atomic E-state index is -0.990. The summed E-state index contributed by atoms with van der Waals surface area (Å²) < 4.78 is 10.7. The van der Waals surface area contributed by atoms with Gasteiger partial charge in [0.2, 0.25) is 17.7 Å². The van der Waals surface area contributed by atoms with Gasteiger partial charge < -0.3 is 30.3 Å². The van der Waals surface area contributed by atoms with E-state index < -0.39 is 35.5 Å². The monoisotopic (exact) mass is 593 g/mol. The number of carbonyl (C=O) groups excluding carboxylic acids is 4. The maximum absolute atomic E-state index is 13.8. The molecule has 3 N–H and O–H groups in total. The van der Waals surface area contributed by atoms with Crippen LogP contribution in [0.4, 0.5) is 5.69 Å². The molecule has 232 valence electrons. The van der Waals surface area contributed by atoms with Crippen molar-refractivity contribution in [2.24, 2.45) is 0 Å². The molecule has 0 bridgehead atoms. The normalized spacial score (nSPS) is 20.3. The van der Waals surface area contributed by atoms with Gasteiger partial charge in [-0.25, -0.2) is 0 Å². The van der Waals surface area contributed by atoms with Crippen molar-refractivity contribution in [3.8, 4) is 0 Å². The fraction of sp³-hybridized carbons (Fsp3) is 0.500. The lowest BCUT2D eigenvalue weighted by molar-refractivity contribution is -0.134. The van der Waals surface area contributed by atoms with Gasteiger partial charge in [-0.15, -0.1) is 0 Å². The molecule has 2 aliphatic heterocycles. The lowest BCUT2D eigenvalue weighted by atomic mass is 9.94. The van der Waals surface area contributed by atoms with Gasteiger partial charge in [-0.3, -0.25) is 24.1 Å². The van der Waals surface area contributed by atoms with Crippen molar-refractivity contribution < 1.29 is 28.7 Å². The molecule has 4 atom stereocenters. The molecule has 0 aromatic heterocycles. The number of hydrogen-bond acceptors (Lipinski definition) is 8. The summed E-state index contributed by atoms with van der Waals surface area (Å²) in [5.74, 6) is -1.48. The van der Waals surface area contributed by atoms with E-state index in [4.69, 9.17) is 9.47 Å². The number of rotatable bonds is 14.